The van der Waals surface area contributed by atoms with E-state index in [1.54, 1.807) is 7.11 Å². The molecule has 0 aromatic carbocycles. The van der Waals surface area contributed by atoms with Gasteiger partial charge in [-0.15, -0.1) is 0 Å². The zero-order valence-corrected chi connectivity index (χ0v) is 11.0. The molecular weight excluding hydrogens is 204 g/mol. The van der Waals surface area contributed by atoms with Crippen molar-refractivity contribution in [3.8, 4) is 0 Å². The quantitative estimate of drug-likeness (QED) is 0.511. The summed E-state index contributed by atoms with van der Waals surface area (Å²) >= 11 is 0. The Bertz CT molecular complexity index is 145. The number of methoxy groups -OCH3 is 1. The van der Waals surface area contributed by atoms with E-state index in [9.17, 15) is 0 Å². The molecule has 0 heterocycles. The fourth-order valence-electron chi connectivity index (χ4n) is 1.69. The summed E-state index contributed by atoms with van der Waals surface area (Å²) in [6.07, 6.45) is 1.18. The van der Waals surface area contributed by atoms with E-state index in [0.717, 1.165) is 39.3 Å². The third-order valence-electron chi connectivity index (χ3n) is 2.52. The number of ether oxygens (including phenoxy) is 1. The van der Waals surface area contributed by atoms with Crippen LogP contribution in [0.1, 0.15) is 20.3 Å². The molecule has 16 heavy (non-hydrogen) atoms. The first-order chi connectivity index (χ1) is 7.74. The summed E-state index contributed by atoms with van der Waals surface area (Å²) in [5.41, 5.74) is 0. The van der Waals surface area contributed by atoms with Crippen molar-refractivity contribution in [2.45, 2.75) is 20.3 Å². The minimum atomic E-state index is 0.221. The second-order valence-corrected chi connectivity index (χ2v) is 4.33. The van der Waals surface area contributed by atoms with Gasteiger partial charge >= 0.3 is 0 Å². The van der Waals surface area contributed by atoms with Gasteiger partial charge in [-0.25, -0.2) is 0 Å². The van der Waals surface area contributed by atoms with Crippen molar-refractivity contribution in [1.29, 1.82) is 0 Å². The van der Waals surface area contributed by atoms with Gasteiger partial charge in [0.2, 0.25) is 0 Å². The van der Waals surface area contributed by atoms with Crippen LogP contribution in [0, 0.1) is 5.92 Å². The molecule has 4 nitrogen and oxygen atoms in total. The number of hydrogen-bond donors (Lipinski definition) is 2. The van der Waals surface area contributed by atoms with Crippen LogP contribution in [0.25, 0.3) is 0 Å². The SMILES string of the molecule is CCCNCC(C)CN(CCO)CCOC. The highest BCUT2D eigenvalue weighted by atomic mass is 16.5. The molecule has 0 saturated heterocycles. The highest BCUT2D eigenvalue weighted by molar-refractivity contribution is 4.64. The number of rotatable bonds is 11. The van der Waals surface area contributed by atoms with E-state index in [0.29, 0.717) is 5.92 Å². The maximum absolute atomic E-state index is 8.96. The highest BCUT2D eigenvalue weighted by Gasteiger charge is 2.09. The Morgan fingerprint density at radius 1 is 1.38 bits per heavy atom. The van der Waals surface area contributed by atoms with Gasteiger partial charge in [-0.1, -0.05) is 13.8 Å². The van der Waals surface area contributed by atoms with Crippen LogP contribution >= 0.6 is 0 Å². The van der Waals surface area contributed by atoms with Crippen LogP contribution < -0.4 is 5.32 Å². The van der Waals surface area contributed by atoms with E-state index >= 15 is 0 Å². The molecule has 0 bridgehead atoms. The Balaban J connectivity index is 3.68. The summed E-state index contributed by atoms with van der Waals surface area (Å²) in [5, 5.41) is 12.4. The summed E-state index contributed by atoms with van der Waals surface area (Å²) < 4.78 is 5.06. The molecule has 0 fully saturated rings. The number of hydrogen-bond acceptors (Lipinski definition) is 4. The Morgan fingerprint density at radius 3 is 2.69 bits per heavy atom. The molecule has 0 amide bonds. The first kappa shape index (κ1) is 15.8. The topological polar surface area (TPSA) is 44.7 Å². The fraction of sp³-hybridized carbons (Fsp3) is 1.00. The largest absolute Gasteiger partial charge is 0.395 e. The molecule has 0 rings (SSSR count). The fourth-order valence-corrected chi connectivity index (χ4v) is 1.69. The summed E-state index contributed by atoms with van der Waals surface area (Å²) in [7, 11) is 1.71. The van der Waals surface area contributed by atoms with Crippen LogP contribution in [0.5, 0.6) is 0 Å². The number of nitrogens with zero attached hydrogens (tertiary/aromatic N) is 1. The van der Waals surface area contributed by atoms with Crippen LogP contribution in [-0.2, 0) is 4.74 Å². The molecule has 0 aliphatic rings. The molecule has 0 saturated carbocycles. The normalized spacial score (nSPS) is 13.3. The van der Waals surface area contributed by atoms with E-state index in [-0.39, 0.29) is 6.61 Å². The predicted octanol–water partition coefficient (Wildman–Crippen LogP) is 0.563. The maximum Gasteiger partial charge on any atom is 0.0589 e. The Labute approximate surface area is 100.0 Å². The lowest BCUT2D eigenvalue weighted by Crippen LogP contribution is -2.37. The van der Waals surface area contributed by atoms with Crippen molar-refractivity contribution in [2.75, 3.05) is 53.0 Å². The number of aliphatic hydroxyl groups is 1. The van der Waals surface area contributed by atoms with Gasteiger partial charge in [0.25, 0.3) is 0 Å². The van der Waals surface area contributed by atoms with Gasteiger partial charge in [-0.05, 0) is 25.4 Å². The van der Waals surface area contributed by atoms with Gasteiger partial charge in [-0.2, -0.15) is 0 Å². The van der Waals surface area contributed by atoms with Gasteiger partial charge in [0, 0.05) is 26.7 Å². The van der Waals surface area contributed by atoms with Crippen molar-refractivity contribution in [2.24, 2.45) is 5.92 Å². The molecule has 0 aliphatic heterocycles. The number of nitrogens with one attached hydrogen (secondary N) is 1. The van der Waals surface area contributed by atoms with Crippen LogP contribution in [-0.4, -0.2) is 63.1 Å². The molecular formula is C12H28N2O2. The third-order valence-corrected chi connectivity index (χ3v) is 2.52. The van der Waals surface area contributed by atoms with Gasteiger partial charge in [-0.3, -0.25) is 4.90 Å². The third kappa shape index (κ3) is 9.09. The minimum absolute atomic E-state index is 0.221. The van der Waals surface area contributed by atoms with Gasteiger partial charge in [0.15, 0.2) is 0 Å². The average molecular weight is 232 g/mol. The molecule has 0 radical (unpaired) electrons. The summed E-state index contributed by atoms with van der Waals surface area (Å²) in [6, 6.07) is 0. The Morgan fingerprint density at radius 2 is 2.12 bits per heavy atom. The maximum atomic E-state index is 8.96. The lowest BCUT2D eigenvalue weighted by molar-refractivity contribution is 0.121. The molecule has 0 aromatic rings. The second kappa shape index (κ2) is 11.3. The van der Waals surface area contributed by atoms with E-state index < -0.39 is 0 Å². The lowest BCUT2D eigenvalue weighted by atomic mass is 10.1. The summed E-state index contributed by atoms with van der Waals surface area (Å²) in [4.78, 5) is 2.25. The van der Waals surface area contributed by atoms with Crippen LogP contribution in [0.2, 0.25) is 0 Å². The minimum Gasteiger partial charge on any atom is -0.395 e. The molecule has 2 N–H and O–H groups in total. The van der Waals surface area contributed by atoms with Crippen molar-refractivity contribution in [3.63, 3.8) is 0 Å². The smallest absolute Gasteiger partial charge is 0.0589 e. The second-order valence-electron chi connectivity index (χ2n) is 4.33. The van der Waals surface area contributed by atoms with Gasteiger partial charge in [0.1, 0.15) is 0 Å². The standard InChI is InChI=1S/C12H28N2O2/c1-4-5-13-10-12(2)11-14(6-8-15)7-9-16-3/h12-13,15H,4-11H2,1-3H3. The van der Waals surface area contributed by atoms with Crippen LogP contribution in [0.4, 0.5) is 0 Å². The molecule has 0 aromatic heterocycles. The summed E-state index contributed by atoms with van der Waals surface area (Å²) in [5.74, 6) is 0.606. The van der Waals surface area contributed by atoms with E-state index in [2.05, 4.69) is 24.1 Å². The molecule has 0 spiro atoms. The first-order valence-corrected chi connectivity index (χ1v) is 6.27. The van der Waals surface area contributed by atoms with E-state index in [4.69, 9.17) is 9.84 Å². The monoisotopic (exact) mass is 232 g/mol. The van der Waals surface area contributed by atoms with Crippen molar-refractivity contribution >= 4 is 0 Å². The predicted molar refractivity (Wildman–Crippen MR) is 67.7 cm³/mol. The van der Waals surface area contributed by atoms with Crippen molar-refractivity contribution < 1.29 is 9.84 Å². The first-order valence-electron chi connectivity index (χ1n) is 6.27. The van der Waals surface area contributed by atoms with Crippen LogP contribution in [0.3, 0.4) is 0 Å². The number of aliphatic hydroxyl groups excluding tert-OH is 1. The van der Waals surface area contributed by atoms with Gasteiger partial charge in [0.05, 0.1) is 13.2 Å². The molecule has 0 aliphatic carbocycles. The molecule has 1 unspecified atom stereocenters. The molecule has 98 valence electrons. The van der Waals surface area contributed by atoms with E-state index in [1.807, 2.05) is 0 Å². The Kier molecular flexibility index (Phi) is 11.2. The van der Waals surface area contributed by atoms with Crippen LogP contribution in [0.15, 0.2) is 0 Å². The van der Waals surface area contributed by atoms with Crippen molar-refractivity contribution in [1.82, 2.24) is 10.2 Å². The average Bonchev–Trinajstić information content (AvgIpc) is 2.26. The highest BCUT2D eigenvalue weighted by Crippen LogP contribution is 1.98. The van der Waals surface area contributed by atoms with Crippen molar-refractivity contribution in [3.05, 3.63) is 0 Å². The molecule has 4 heteroatoms. The van der Waals surface area contributed by atoms with E-state index in [1.165, 1.54) is 6.42 Å². The van der Waals surface area contributed by atoms with Gasteiger partial charge < -0.3 is 15.2 Å². The zero-order chi connectivity index (χ0) is 12.2. The Hall–Kier alpha value is -0.160. The zero-order valence-electron chi connectivity index (χ0n) is 11.0. The summed E-state index contributed by atoms with van der Waals surface area (Å²) in [6.45, 7) is 10.1. The lowest BCUT2D eigenvalue weighted by Gasteiger charge is -2.24. The molecule has 1 atom stereocenters.